The summed E-state index contributed by atoms with van der Waals surface area (Å²) in [5.74, 6) is 0.715. The Morgan fingerprint density at radius 3 is 2.71 bits per heavy atom. The van der Waals surface area contributed by atoms with Gasteiger partial charge in [-0.1, -0.05) is 48.0 Å². The van der Waals surface area contributed by atoms with Gasteiger partial charge in [0.05, 0.1) is 0 Å². The van der Waals surface area contributed by atoms with Crippen LogP contribution in [0.5, 0.6) is 0 Å². The molecule has 1 heterocycles. The molecular formula is C15H22BrN. The fraction of sp³-hybridized carbons (Fsp3) is 0.600. The topological polar surface area (TPSA) is 12.0 Å². The molecule has 1 aliphatic heterocycles. The maximum absolute atomic E-state index is 3.74. The van der Waals surface area contributed by atoms with E-state index < -0.39 is 0 Å². The van der Waals surface area contributed by atoms with Gasteiger partial charge in [0.15, 0.2) is 0 Å². The Hall–Kier alpha value is -0.340. The highest BCUT2D eigenvalue weighted by atomic mass is 79.9. The Bertz CT molecular complexity index is 367. The fourth-order valence-electron chi connectivity index (χ4n) is 2.88. The molecular weight excluding hydrogens is 274 g/mol. The highest BCUT2D eigenvalue weighted by Crippen LogP contribution is 2.33. The molecule has 1 nitrogen and oxygen atoms in total. The van der Waals surface area contributed by atoms with E-state index in [2.05, 4.69) is 59.4 Å². The Labute approximate surface area is 113 Å². The predicted molar refractivity (Wildman–Crippen MR) is 77.3 cm³/mol. The van der Waals surface area contributed by atoms with Crippen molar-refractivity contribution in [2.75, 3.05) is 6.54 Å². The van der Waals surface area contributed by atoms with Gasteiger partial charge in [0.1, 0.15) is 0 Å². The van der Waals surface area contributed by atoms with E-state index in [4.69, 9.17) is 0 Å². The molecule has 1 aromatic carbocycles. The number of benzene rings is 1. The third-order valence-corrected chi connectivity index (χ3v) is 4.95. The van der Waals surface area contributed by atoms with Crippen LogP contribution in [0.3, 0.4) is 0 Å². The van der Waals surface area contributed by atoms with Crippen molar-refractivity contribution in [3.63, 3.8) is 0 Å². The third-order valence-electron chi connectivity index (χ3n) is 4.18. The first-order chi connectivity index (χ1) is 8.14. The van der Waals surface area contributed by atoms with Gasteiger partial charge in [-0.2, -0.15) is 0 Å². The van der Waals surface area contributed by atoms with E-state index in [1.807, 2.05) is 0 Å². The van der Waals surface area contributed by atoms with Gasteiger partial charge in [0, 0.05) is 10.0 Å². The smallest absolute Gasteiger partial charge is 0.0208 e. The van der Waals surface area contributed by atoms with Crippen LogP contribution in [0.25, 0.3) is 0 Å². The van der Waals surface area contributed by atoms with Crippen molar-refractivity contribution in [2.24, 2.45) is 5.92 Å². The minimum atomic E-state index is 0.370. The second-order valence-corrected chi connectivity index (χ2v) is 6.29. The molecule has 0 radical (unpaired) electrons. The average molecular weight is 296 g/mol. The number of halogens is 1. The van der Waals surface area contributed by atoms with Crippen LogP contribution >= 0.6 is 15.9 Å². The molecule has 0 bridgehead atoms. The summed E-state index contributed by atoms with van der Waals surface area (Å²) in [6, 6.07) is 8.58. The predicted octanol–water partition coefficient (Wildman–Crippen LogP) is 4.16. The van der Waals surface area contributed by atoms with Crippen molar-refractivity contribution in [3.05, 3.63) is 34.3 Å². The van der Waals surface area contributed by atoms with E-state index in [0.717, 1.165) is 6.42 Å². The van der Waals surface area contributed by atoms with Crippen molar-refractivity contribution >= 4 is 15.9 Å². The van der Waals surface area contributed by atoms with E-state index in [-0.39, 0.29) is 0 Å². The lowest BCUT2D eigenvalue weighted by Gasteiger charge is -2.34. The summed E-state index contributed by atoms with van der Waals surface area (Å²) >= 11 is 3.64. The molecule has 1 aromatic rings. The lowest BCUT2D eigenvalue weighted by molar-refractivity contribution is 0.252. The quantitative estimate of drug-likeness (QED) is 0.879. The normalized spacial score (nSPS) is 24.5. The van der Waals surface area contributed by atoms with Crippen LogP contribution in [0.1, 0.15) is 38.7 Å². The van der Waals surface area contributed by atoms with Gasteiger partial charge >= 0.3 is 0 Å². The molecule has 1 atom stereocenters. The zero-order valence-corrected chi connectivity index (χ0v) is 12.4. The molecule has 0 spiro atoms. The maximum atomic E-state index is 3.74. The molecule has 2 heteroatoms. The zero-order valence-electron chi connectivity index (χ0n) is 10.8. The van der Waals surface area contributed by atoms with Gasteiger partial charge in [-0.15, -0.1) is 0 Å². The van der Waals surface area contributed by atoms with Crippen molar-refractivity contribution < 1.29 is 0 Å². The monoisotopic (exact) mass is 295 g/mol. The van der Waals surface area contributed by atoms with Crippen LogP contribution in [0.2, 0.25) is 0 Å². The van der Waals surface area contributed by atoms with Crippen molar-refractivity contribution in [1.29, 1.82) is 0 Å². The van der Waals surface area contributed by atoms with Crippen LogP contribution in [0.15, 0.2) is 28.7 Å². The first-order valence-electron chi connectivity index (χ1n) is 6.62. The number of aryl methyl sites for hydroxylation is 1. The zero-order chi connectivity index (χ0) is 12.3. The molecule has 0 saturated carbocycles. The first kappa shape index (κ1) is 13.1. The Morgan fingerprint density at radius 2 is 2.12 bits per heavy atom. The van der Waals surface area contributed by atoms with Gasteiger partial charge in [-0.25, -0.2) is 0 Å². The second kappa shape index (κ2) is 5.53. The summed E-state index contributed by atoms with van der Waals surface area (Å²) in [5.41, 5.74) is 1.80. The molecule has 94 valence electrons. The summed E-state index contributed by atoms with van der Waals surface area (Å²) in [4.78, 5) is 0. The van der Waals surface area contributed by atoms with Crippen molar-refractivity contribution in [3.8, 4) is 0 Å². The lowest BCUT2D eigenvalue weighted by atomic mass is 9.80. The fourth-order valence-corrected chi connectivity index (χ4v) is 3.37. The summed E-state index contributed by atoms with van der Waals surface area (Å²) in [6.07, 6.45) is 5.06. The molecule has 2 rings (SSSR count). The Balaban J connectivity index is 2.03. The van der Waals surface area contributed by atoms with Crippen LogP contribution in [-0.2, 0) is 6.42 Å². The van der Waals surface area contributed by atoms with E-state index in [0.29, 0.717) is 11.5 Å². The summed E-state index contributed by atoms with van der Waals surface area (Å²) in [7, 11) is 0. The Kier molecular flexibility index (Phi) is 4.26. The largest absolute Gasteiger partial charge is 0.311 e. The maximum Gasteiger partial charge on any atom is 0.0208 e. The molecule has 0 amide bonds. The van der Waals surface area contributed by atoms with E-state index in [1.165, 1.54) is 35.8 Å². The summed E-state index contributed by atoms with van der Waals surface area (Å²) in [5, 5.41) is 3.74. The molecule has 17 heavy (non-hydrogen) atoms. The van der Waals surface area contributed by atoms with Crippen molar-refractivity contribution in [2.45, 2.75) is 45.1 Å². The van der Waals surface area contributed by atoms with Gasteiger partial charge in [-0.05, 0) is 49.8 Å². The molecule has 1 aliphatic rings. The van der Waals surface area contributed by atoms with Crippen LogP contribution in [-0.4, -0.2) is 12.1 Å². The highest BCUT2D eigenvalue weighted by Gasteiger charge is 2.35. The highest BCUT2D eigenvalue weighted by molar-refractivity contribution is 9.10. The van der Waals surface area contributed by atoms with Gasteiger partial charge in [-0.3, -0.25) is 0 Å². The number of hydrogen-bond donors (Lipinski definition) is 1. The number of nitrogens with one attached hydrogen (secondary N) is 1. The molecule has 1 N–H and O–H groups in total. The molecule has 1 fully saturated rings. The molecule has 0 aromatic heterocycles. The molecule has 1 unspecified atom stereocenters. The van der Waals surface area contributed by atoms with Gasteiger partial charge in [0.2, 0.25) is 0 Å². The second-order valence-electron chi connectivity index (χ2n) is 5.43. The third kappa shape index (κ3) is 2.92. The van der Waals surface area contributed by atoms with Crippen LogP contribution < -0.4 is 5.32 Å². The SMILES string of the molecule is CC(C)C1(CCc2ccccc2Br)CCCN1. The minimum Gasteiger partial charge on any atom is -0.311 e. The minimum absolute atomic E-state index is 0.370. The summed E-state index contributed by atoms with van der Waals surface area (Å²) < 4.78 is 1.25. The lowest BCUT2D eigenvalue weighted by Crippen LogP contribution is -2.45. The van der Waals surface area contributed by atoms with E-state index in [9.17, 15) is 0 Å². The van der Waals surface area contributed by atoms with Crippen molar-refractivity contribution in [1.82, 2.24) is 5.32 Å². The van der Waals surface area contributed by atoms with Crippen LogP contribution in [0, 0.1) is 5.92 Å². The standard InChI is InChI=1S/C15H22BrN/c1-12(2)15(9-5-11-17-15)10-8-13-6-3-4-7-14(13)16/h3-4,6-7,12,17H,5,8-11H2,1-2H3. The average Bonchev–Trinajstić information content (AvgIpc) is 2.78. The van der Waals surface area contributed by atoms with Gasteiger partial charge < -0.3 is 5.32 Å². The number of hydrogen-bond acceptors (Lipinski definition) is 1. The van der Waals surface area contributed by atoms with E-state index in [1.54, 1.807) is 0 Å². The number of rotatable bonds is 4. The Morgan fingerprint density at radius 1 is 1.35 bits per heavy atom. The molecule has 1 saturated heterocycles. The molecule has 0 aliphatic carbocycles. The first-order valence-corrected chi connectivity index (χ1v) is 7.42. The van der Waals surface area contributed by atoms with E-state index >= 15 is 0 Å². The van der Waals surface area contributed by atoms with Crippen LogP contribution in [0.4, 0.5) is 0 Å². The summed E-state index contributed by atoms with van der Waals surface area (Å²) in [6.45, 7) is 5.88. The van der Waals surface area contributed by atoms with Gasteiger partial charge in [0.25, 0.3) is 0 Å².